The molecule has 212 valence electrons. The van der Waals surface area contributed by atoms with Crippen LogP contribution in [0.3, 0.4) is 0 Å². The number of nitrogens with two attached hydrogens (primary N) is 3. The first-order valence-electron chi connectivity index (χ1n) is 13.2. The Balaban J connectivity index is 1.60. The Hall–Kier alpha value is -4.48. The molecule has 2 amide bonds. The van der Waals surface area contributed by atoms with E-state index in [1.54, 1.807) is 48.5 Å². The molecular formula is C31H34N6O4. The molecule has 10 nitrogen and oxygen atoms in total. The molecule has 41 heavy (non-hydrogen) atoms. The highest BCUT2D eigenvalue weighted by Gasteiger charge is 2.39. The molecule has 0 aliphatic heterocycles. The Morgan fingerprint density at radius 2 is 1.51 bits per heavy atom. The Bertz CT molecular complexity index is 1480. The molecule has 0 spiro atoms. The number of nitrogens with one attached hydrogen (secondary N) is 1. The van der Waals surface area contributed by atoms with Gasteiger partial charge in [0, 0.05) is 24.5 Å². The van der Waals surface area contributed by atoms with Crippen molar-refractivity contribution in [3.63, 3.8) is 0 Å². The molecule has 3 aromatic carbocycles. The molecule has 4 aromatic rings. The number of carbonyl (C=O) groups is 3. The second-order valence-corrected chi connectivity index (χ2v) is 9.93. The normalized spacial score (nSPS) is 14.2. The van der Waals surface area contributed by atoms with Gasteiger partial charge < -0.3 is 21.9 Å². The molecule has 0 aliphatic rings. The van der Waals surface area contributed by atoms with Crippen LogP contribution in [0.4, 0.5) is 0 Å². The van der Waals surface area contributed by atoms with Crippen molar-refractivity contribution in [2.24, 2.45) is 23.2 Å². The summed E-state index contributed by atoms with van der Waals surface area (Å²) in [4.78, 5) is 43.6. The van der Waals surface area contributed by atoms with Gasteiger partial charge in [-0.15, -0.1) is 0 Å². The fraction of sp³-hybridized carbons (Fsp3) is 0.226. The van der Waals surface area contributed by atoms with Gasteiger partial charge in [-0.2, -0.15) is 0 Å². The Kier molecular flexibility index (Phi) is 9.88. The number of aliphatic hydroxyl groups is 1. The molecule has 10 heteroatoms. The molecule has 1 unspecified atom stereocenters. The highest BCUT2D eigenvalue weighted by Crippen LogP contribution is 2.26. The topological polar surface area (TPSA) is 178 Å². The number of fused-ring (bicyclic) bond motifs is 1. The molecule has 8 N–H and O–H groups in total. The zero-order valence-corrected chi connectivity index (χ0v) is 22.5. The molecule has 4 atom stereocenters. The molecule has 0 saturated carbocycles. The van der Waals surface area contributed by atoms with E-state index in [9.17, 15) is 19.5 Å². The number of nitrogens with zero attached hydrogens (tertiary/aromatic N) is 2. The number of ketones is 1. The van der Waals surface area contributed by atoms with Crippen LogP contribution in [0.1, 0.15) is 34.1 Å². The van der Waals surface area contributed by atoms with Crippen molar-refractivity contribution in [3.8, 4) is 0 Å². The number of rotatable bonds is 13. The number of primary amides is 1. The molecule has 0 radical (unpaired) electrons. The van der Waals surface area contributed by atoms with Gasteiger partial charge in [0.05, 0.1) is 30.0 Å². The van der Waals surface area contributed by atoms with Crippen LogP contribution in [-0.2, 0) is 16.1 Å². The second kappa shape index (κ2) is 13.7. The van der Waals surface area contributed by atoms with Gasteiger partial charge in [-0.05, 0) is 23.3 Å². The maximum Gasteiger partial charge on any atom is 0.270 e. The first-order valence-corrected chi connectivity index (χ1v) is 13.2. The van der Waals surface area contributed by atoms with Crippen molar-refractivity contribution in [2.75, 3.05) is 6.54 Å². The number of pyridine rings is 1. The van der Waals surface area contributed by atoms with Crippen LogP contribution >= 0.6 is 0 Å². The zero-order valence-electron chi connectivity index (χ0n) is 22.5. The smallest absolute Gasteiger partial charge is 0.270 e. The highest BCUT2D eigenvalue weighted by molar-refractivity contribution is 6.00. The molecular weight excluding hydrogens is 520 g/mol. The molecule has 1 heterocycles. The lowest BCUT2D eigenvalue weighted by Crippen LogP contribution is -2.53. The Labute approximate surface area is 238 Å². The minimum atomic E-state index is -1.36. The van der Waals surface area contributed by atoms with Crippen molar-refractivity contribution >= 4 is 28.5 Å². The molecule has 0 saturated heterocycles. The fourth-order valence-electron chi connectivity index (χ4n) is 4.81. The Morgan fingerprint density at radius 3 is 2.20 bits per heavy atom. The van der Waals surface area contributed by atoms with Crippen molar-refractivity contribution in [3.05, 3.63) is 114 Å². The van der Waals surface area contributed by atoms with E-state index in [0.29, 0.717) is 17.6 Å². The van der Waals surface area contributed by atoms with E-state index in [1.165, 1.54) is 11.1 Å². The van der Waals surface area contributed by atoms with Crippen LogP contribution in [0.2, 0.25) is 0 Å². The molecule has 0 aliphatic carbocycles. The number of para-hydroxylation sites is 1. The van der Waals surface area contributed by atoms with Crippen LogP contribution in [0.5, 0.6) is 0 Å². The SMILES string of the molecule is NC(=O)C[C@H](NC(=O)c1ccc2ccccc2n1)C(=O)[C@@H](C(N)c1ccccc1)[C@@H](O)CN(N)Cc1ccccc1. The van der Waals surface area contributed by atoms with E-state index in [1.807, 2.05) is 42.5 Å². The maximum atomic E-state index is 14.0. The van der Waals surface area contributed by atoms with Crippen molar-refractivity contribution in [1.29, 1.82) is 0 Å². The second-order valence-electron chi connectivity index (χ2n) is 9.93. The lowest BCUT2D eigenvalue weighted by atomic mass is 9.82. The van der Waals surface area contributed by atoms with Crippen molar-refractivity contribution in [1.82, 2.24) is 15.3 Å². The van der Waals surface area contributed by atoms with Gasteiger partial charge in [0.1, 0.15) is 5.69 Å². The van der Waals surface area contributed by atoms with Crippen LogP contribution in [0.15, 0.2) is 97.1 Å². The van der Waals surface area contributed by atoms with Gasteiger partial charge in [-0.1, -0.05) is 84.9 Å². The number of aromatic nitrogens is 1. The Morgan fingerprint density at radius 1 is 0.878 bits per heavy atom. The first-order chi connectivity index (χ1) is 19.7. The third-order valence-corrected chi connectivity index (χ3v) is 6.85. The maximum absolute atomic E-state index is 14.0. The molecule has 4 rings (SSSR count). The van der Waals surface area contributed by atoms with E-state index in [0.717, 1.165) is 10.9 Å². The van der Waals surface area contributed by atoms with Crippen LogP contribution in [0, 0.1) is 5.92 Å². The van der Waals surface area contributed by atoms with E-state index < -0.39 is 48.1 Å². The minimum absolute atomic E-state index is 0.0615. The third kappa shape index (κ3) is 7.80. The van der Waals surface area contributed by atoms with Crippen LogP contribution in [0.25, 0.3) is 10.9 Å². The summed E-state index contributed by atoms with van der Waals surface area (Å²) in [5, 5.41) is 16.2. The third-order valence-electron chi connectivity index (χ3n) is 6.85. The van der Waals surface area contributed by atoms with Crippen LogP contribution in [-0.4, -0.2) is 51.4 Å². The number of hydrogen-bond donors (Lipinski definition) is 5. The summed E-state index contributed by atoms with van der Waals surface area (Å²) in [6.07, 6.45) is -1.82. The van der Waals surface area contributed by atoms with Gasteiger partial charge in [0.25, 0.3) is 5.91 Å². The van der Waals surface area contributed by atoms with E-state index in [-0.39, 0.29) is 12.2 Å². The summed E-state index contributed by atoms with van der Waals surface area (Å²) in [6, 6.07) is 26.4. The molecule has 1 aromatic heterocycles. The van der Waals surface area contributed by atoms with Gasteiger partial charge in [-0.3, -0.25) is 20.2 Å². The number of Topliss-reactive ketones (excluding diaryl/α,β-unsaturated/α-hetero) is 1. The number of amides is 2. The predicted molar refractivity (Wildman–Crippen MR) is 156 cm³/mol. The highest BCUT2D eigenvalue weighted by atomic mass is 16.3. The number of aliphatic hydroxyl groups excluding tert-OH is 1. The summed E-state index contributed by atoms with van der Waals surface area (Å²) in [6.45, 7) is 0.212. The quantitative estimate of drug-likeness (QED) is 0.123. The number of carbonyl (C=O) groups excluding carboxylic acids is 3. The summed E-state index contributed by atoms with van der Waals surface area (Å²) in [5.41, 5.74) is 14.2. The van der Waals surface area contributed by atoms with E-state index in [4.69, 9.17) is 17.3 Å². The minimum Gasteiger partial charge on any atom is -0.391 e. The van der Waals surface area contributed by atoms with Crippen LogP contribution < -0.4 is 22.6 Å². The van der Waals surface area contributed by atoms with Gasteiger partial charge in [0.15, 0.2) is 5.78 Å². The number of hydrogen-bond acceptors (Lipinski definition) is 8. The van der Waals surface area contributed by atoms with Gasteiger partial charge in [0.2, 0.25) is 5.91 Å². The summed E-state index contributed by atoms with van der Waals surface area (Å²) < 4.78 is 0. The summed E-state index contributed by atoms with van der Waals surface area (Å²) in [5.74, 6) is 2.87. The fourth-order valence-corrected chi connectivity index (χ4v) is 4.81. The average Bonchev–Trinajstić information content (AvgIpc) is 2.97. The summed E-state index contributed by atoms with van der Waals surface area (Å²) in [7, 11) is 0. The number of benzene rings is 3. The lowest BCUT2D eigenvalue weighted by Gasteiger charge is -2.32. The summed E-state index contributed by atoms with van der Waals surface area (Å²) >= 11 is 0. The number of hydrazine groups is 1. The van der Waals surface area contributed by atoms with Gasteiger partial charge in [-0.25, -0.2) is 9.99 Å². The largest absolute Gasteiger partial charge is 0.391 e. The standard InChI is InChI=1S/C31H34N6O4/c32-27(39)17-25(36-31(41)24-16-15-21-11-7-8-14-23(21)35-24)30(40)28(29(33)22-12-5-2-6-13-22)26(38)19-37(34)18-20-9-3-1-4-10-20/h1-16,25-26,28-29,38H,17-19,33-34H2,(H2,32,39)(H,36,41)/t25-,26-,28+,29?/m0/s1. The van der Waals surface area contributed by atoms with E-state index >= 15 is 0 Å². The molecule has 0 fully saturated rings. The lowest BCUT2D eigenvalue weighted by molar-refractivity contribution is -0.132. The zero-order chi connectivity index (χ0) is 29.4. The predicted octanol–water partition coefficient (Wildman–Crippen LogP) is 1.83. The monoisotopic (exact) mass is 554 g/mol. The molecule has 0 bridgehead atoms. The van der Waals surface area contributed by atoms with E-state index in [2.05, 4.69) is 10.3 Å². The van der Waals surface area contributed by atoms with Crippen molar-refractivity contribution < 1.29 is 19.5 Å². The van der Waals surface area contributed by atoms with Crippen molar-refractivity contribution in [2.45, 2.75) is 31.2 Å². The average molecular weight is 555 g/mol. The first kappa shape index (κ1) is 29.5. The van der Waals surface area contributed by atoms with Gasteiger partial charge >= 0.3 is 0 Å².